The van der Waals surface area contributed by atoms with Crippen LogP contribution < -0.4 is 5.32 Å². The number of anilines is 1. The predicted octanol–water partition coefficient (Wildman–Crippen LogP) is 2.99. The molecular formula is C16H16N4. The molecule has 1 aromatic heterocycles. The zero-order valence-electron chi connectivity index (χ0n) is 11.4. The highest BCUT2D eigenvalue weighted by atomic mass is 15.2. The van der Waals surface area contributed by atoms with E-state index in [9.17, 15) is 0 Å². The number of hydrogen-bond donors (Lipinski definition) is 1. The van der Waals surface area contributed by atoms with E-state index in [-0.39, 0.29) is 0 Å². The van der Waals surface area contributed by atoms with Gasteiger partial charge in [0.05, 0.1) is 5.52 Å². The van der Waals surface area contributed by atoms with Gasteiger partial charge >= 0.3 is 0 Å². The normalized spacial score (nSPS) is 10.7. The van der Waals surface area contributed by atoms with E-state index in [0.717, 1.165) is 24.0 Å². The zero-order valence-corrected chi connectivity index (χ0v) is 11.4. The summed E-state index contributed by atoms with van der Waals surface area (Å²) in [6.45, 7) is 2.92. The second-order valence-electron chi connectivity index (χ2n) is 4.73. The lowest BCUT2D eigenvalue weighted by Crippen LogP contribution is -2.09. The van der Waals surface area contributed by atoms with E-state index in [2.05, 4.69) is 51.7 Å². The van der Waals surface area contributed by atoms with Crippen molar-refractivity contribution in [3.05, 3.63) is 59.7 Å². The SMILES string of the molecule is Cc1ccccc1CCNc1nnc2ccccc2n1. The molecule has 1 N–H and O–H groups in total. The minimum atomic E-state index is 0.581. The Kier molecular flexibility index (Phi) is 3.54. The molecule has 100 valence electrons. The number of hydrogen-bond acceptors (Lipinski definition) is 4. The first-order valence-corrected chi connectivity index (χ1v) is 6.71. The van der Waals surface area contributed by atoms with Crippen LogP contribution in [0.1, 0.15) is 11.1 Å². The highest BCUT2D eigenvalue weighted by Crippen LogP contribution is 2.10. The van der Waals surface area contributed by atoms with Crippen molar-refractivity contribution in [1.29, 1.82) is 0 Å². The summed E-state index contributed by atoms with van der Waals surface area (Å²) in [4.78, 5) is 4.44. The van der Waals surface area contributed by atoms with Gasteiger partial charge in [-0.1, -0.05) is 36.4 Å². The lowest BCUT2D eigenvalue weighted by molar-refractivity contribution is 0.946. The van der Waals surface area contributed by atoms with E-state index in [1.807, 2.05) is 24.3 Å². The van der Waals surface area contributed by atoms with E-state index in [4.69, 9.17) is 0 Å². The molecule has 3 aromatic rings. The maximum atomic E-state index is 4.44. The number of nitrogens with one attached hydrogen (secondary N) is 1. The molecule has 0 amide bonds. The second-order valence-corrected chi connectivity index (χ2v) is 4.73. The standard InChI is InChI=1S/C16H16N4/c1-12-6-2-3-7-13(12)10-11-17-16-18-14-8-4-5-9-15(14)19-20-16/h2-9H,10-11H2,1H3,(H,17,18,20). The summed E-state index contributed by atoms with van der Waals surface area (Å²) < 4.78 is 0. The van der Waals surface area contributed by atoms with Crippen molar-refractivity contribution in [3.63, 3.8) is 0 Å². The largest absolute Gasteiger partial charge is 0.353 e. The van der Waals surface area contributed by atoms with Gasteiger partial charge in [-0.15, -0.1) is 10.2 Å². The van der Waals surface area contributed by atoms with Crippen molar-refractivity contribution in [2.45, 2.75) is 13.3 Å². The Bertz CT molecular complexity index is 724. The molecule has 20 heavy (non-hydrogen) atoms. The van der Waals surface area contributed by atoms with Crippen molar-refractivity contribution in [2.24, 2.45) is 0 Å². The van der Waals surface area contributed by atoms with Crippen LogP contribution >= 0.6 is 0 Å². The van der Waals surface area contributed by atoms with Crippen molar-refractivity contribution in [3.8, 4) is 0 Å². The monoisotopic (exact) mass is 264 g/mol. The van der Waals surface area contributed by atoms with E-state index < -0.39 is 0 Å². The van der Waals surface area contributed by atoms with Gasteiger partial charge in [0.15, 0.2) is 0 Å². The van der Waals surface area contributed by atoms with E-state index in [1.165, 1.54) is 11.1 Å². The molecule has 0 aliphatic carbocycles. The molecule has 0 fully saturated rings. The molecule has 0 unspecified atom stereocenters. The van der Waals surface area contributed by atoms with Gasteiger partial charge < -0.3 is 5.32 Å². The number of fused-ring (bicyclic) bond motifs is 1. The molecule has 3 rings (SSSR count). The van der Waals surface area contributed by atoms with Crippen molar-refractivity contribution in [2.75, 3.05) is 11.9 Å². The topological polar surface area (TPSA) is 50.7 Å². The fraction of sp³-hybridized carbons (Fsp3) is 0.188. The van der Waals surface area contributed by atoms with Gasteiger partial charge in [-0.3, -0.25) is 0 Å². The van der Waals surface area contributed by atoms with Gasteiger partial charge in [-0.05, 0) is 36.6 Å². The van der Waals surface area contributed by atoms with Crippen molar-refractivity contribution >= 4 is 17.0 Å². The first-order chi connectivity index (χ1) is 9.83. The first-order valence-electron chi connectivity index (χ1n) is 6.71. The average Bonchev–Trinajstić information content (AvgIpc) is 2.49. The van der Waals surface area contributed by atoms with Crippen molar-refractivity contribution < 1.29 is 0 Å². The van der Waals surface area contributed by atoms with Crippen LogP contribution in [0.4, 0.5) is 5.95 Å². The fourth-order valence-corrected chi connectivity index (χ4v) is 2.16. The Labute approximate surface area is 117 Å². The molecular weight excluding hydrogens is 248 g/mol. The summed E-state index contributed by atoms with van der Waals surface area (Å²) in [5, 5.41) is 11.5. The van der Waals surface area contributed by atoms with Crippen LogP contribution in [0.25, 0.3) is 11.0 Å². The zero-order chi connectivity index (χ0) is 13.8. The number of rotatable bonds is 4. The van der Waals surface area contributed by atoms with Crippen LogP contribution in [0.3, 0.4) is 0 Å². The highest BCUT2D eigenvalue weighted by molar-refractivity contribution is 5.73. The number of benzene rings is 2. The van der Waals surface area contributed by atoms with Crippen LogP contribution in [0.2, 0.25) is 0 Å². The maximum absolute atomic E-state index is 4.44. The summed E-state index contributed by atoms with van der Waals surface area (Å²) >= 11 is 0. The Morgan fingerprint density at radius 3 is 2.50 bits per heavy atom. The molecule has 0 saturated carbocycles. The number of para-hydroxylation sites is 1. The predicted molar refractivity (Wildman–Crippen MR) is 80.7 cm³/mol. The molecule has 0 atom stereocenters. The second kappa shape index (κ2) is 5.65. The third-order valence-corrected chi connectivity index (χ3v) is 3.30. The molecule has 1 heterocycles. The van der Waals surface area contributed by atoms with Crippen molar-refractivity contribution in [1.82, 2.24) is 15.2 Å². The summed E-state index contributed by atoms with van der Waals surface area (Å²) in [6.07, 6.45) is 0.947. The van der Waals surface area contributed by atoms with Crippen LogP contribution in [-0.2, 0) is 6.42 Å². The minimum absolute atomic E-state index is 0.581. The molecule has 0 spiro atoms. The van der Waals surface area contributed by atoms with Crippen LogP contribution in [0.15, 0.2) is 48.5 Å². The smallest absolute Gasteiger partial charge is 0.243 e. The third-order valence-electron chi connectivity index (χ3n) is 3.30. The average molecular weight is 264 g/mol. The van der Waals surface area contributed by atoms with Gasteiger partial charge in [0, 0.05) is 6.54 Å². The lowest BCUT2D eigenvalue weighted by Gasteiger charge is -2.07. The third kappa shape index (κ3) is 2.74. The number of aromatic nitrogens is 3. The van der Waals surface area contributed by atoms with E-state index in [1.54, 1.807) is 0 Å². The summed E-state index contributed by atoms with van der Waals surface area (Å²) in [5.41, 5.74) is 4.33. The van der Waals surface area contributed by atoms with Gasteiger partial charge in [0.1, 0.15) is 5.52 Å². The fourth-order valence-electron chi connectivity index (χ4n) is 2.16. The summed E-state index contributed by atoms with van der Waals surface area (Å²) in [6, 6.07) is 16.1. The molecule has 0 bridgehead atoms. The molecule has 0 radical (unpaired) electrons. The van der Waals surface area contributed by atoms with Gasteiger partial charge in [-0.25, -0.2) is 4.98 Å². The molecule has 0 aliphatic heterocycles. The lowest BCUT2D eigenvalue weighted by atomic mass is 10.1. The van der Waals surface area contributed by atoms with Crippen LogP contribution in [-0.4, -0.2) is 21.7 Å². The van der Waals surface area contributed by atoms with E-state index in [0.29, 0.717) is 5.95 Å². The van der Waals surface area contributed by atoms with Gasteiger partial charge in [0.2, 0.25) is 5.95 Å². The Balaban J connectivity index is 1.67. The van der Waals surface area contributed by atoms with Crippen LogP contribution in [0.5, 0.6) is 0 Å². The molecule has 4 nitrogen and oxygen atoms in total. The maximum Gasteiger partial charge on any atom is 0.243 e. The quantitative estimate of drug-likeness (QED) is 0.787. The number of nitrogens with zero attached hydrogens (tertiary/aromatic N) is 3. The van der Waals surface area contributed by atoms with Gasteiger partial charge in [-0.2, -0.15) is 0 Å². The number of aryl methyl sites for hydroxylation is 1. The molecule has 4 heteroatoms. The van der Waals surface area contributed by atoms with E-state index >= 15 is 0 Å². The molecule has 2 aromatic carbocycles. The summed E-state index contributed by atoms with van der Waals surface area (Å²) in [7, 11) is 0. The minimum Gasteiger partial charge on any atom is -0.353 e. The highest BCUT2D eigenvalue weighted by Gasteiger charge is 2.01. The van der Waals surface area contributed by atoms with Gasteiger partial charge in [0.25, 0.3) is 0 Å². The Morgan fingerprint density at radius 1 is 0.900 bits per heavy atom. The molecule has 0 aliphatic rings. The molecule has 0 saturated heterocycles. The Morgan fingerprint density at radius 2 is 1.65 bits per heavy atom. The van der Waals surface area contributed by atoms with Crippen LogP contribution in [0, 0.1) is 6.92 Å². The Hall–Kier alpha value is -2.49. The summed E-state index contributed by atoms with van der Waals surface area (Å²) in [5.74, 6) is 0.581. The first kappa shape index (κ1) is 12.5.